The third-order valence-corrected chi connectivity index (χ3v) is 3.24. The van der Waals surface area contributed by atoms with Gasteiger partial charge in [0.15, 0.2) is 0 Å². The van der Waals surface area contributed by atoms with Crippen LogP contribution in [-0.4, -0.2) is 42.6 Å². The molecule has 1 fully saturated rings. The first-order valence-electron chi connectivity index (χ1n) is 6.79. The highest BCUT2D eigenvalue weighted by atomic mass is 16.5. The summed E-state index contributed by atoms with van der Waals surface area (Å²) in [5.41, 5.74) is 1.38. The van der Waals surface area contributed by atoms with Crippen LogP contribution in [0.15, 0.2) is 24.3 Å². The normalized spacial score (nSPS) is 18.2. The van der Waals surface area contributed by atoms with Crippen LogP contribution >= 0.6 is 0 Å². The van der Waals surface area contributed by atoms with Gasteiger partial charge in [-0.1, -0.05) is 12.1 Å². The van der Waals surface area contributed by atoms with Crippen molar-refractivity contribution < 1.29 is 9.53 Å². The molecule has 0 bridgehead atoms. The Morgan fingerprint density at radius 3 is 2.84 bits per heavy atom. The number of ether oxygens (including phenoxy) is 1. The molecule has 1 amide bonds. The molecule has 1 saturated heterocycles. The van der Waals surface area contributed by atoms with E-state index in [1.54, 1.807) is 0 Å². The number of amides is 1. The lowest BCUT2D eigenvalue weighted by Gasteiger charge is -2.38. The second kappa shape index (κ2) is 5.61. The summed E-state index contributed by atoms with van der Waals surface area (Å²) in [7, 11) is 0. The molecular weight excluding hydrogens is 240 g/mol. The average Bonchev–Trinajstić information content (AvgIpc) is 2.38. The first kappa shape index (κ1) is 13.9. The van der Waals surface area contributed by atoms with Gasteiger partial charge in [-0.05, 0) is 32.9 Å². The molecule has 0 saturated carbocycles. The summed E-state index contributed by atoms with van der Waals surface area (Å²) in [5.74, 6) is 0.0768. The number of anilines is 1. The van der Waals surface area contributed by atoms with E-state index in [4.69, 9.17) is 4.74 Å². The summed E-state index contributed by atoms with van der Waals surface area (Å²) in [4.78, 5) is 14.5. The zero-order valence-corrected chi connectivity index (χ0v) is 11.9. The molecule has 1 N–H and O–H groups in total. The van der Waals surface area contributed by atoms with Crippen LogP contribution in [0, 0.1) is 0 Å². The van der Waals surface area contributed by atoms with E-state index in [1.165, 1.54) is 0 Å². The third kappa shape index (κ3) is 3.26. The molecule has 4 nitrogen and oxygen atoms in total. The SMILES string of the molecule is CCNc1ccccc1C(=O)N1CCOC(C)(C)C1. The lowest BCUT2D eigenvalue weighted by molar-refractivity contribution is -0.0763. The Balaban J connectivity index is 2.19. The van der Waals surface area contributed by atoms with Gasteiger partial charge in [0.05, 0.1) is 17.8 Å². The highest BCUT2D eigenvalue weighted by Gasteiger charge is 2.31. The van der Waals surface area contributed by atoms with Crippen molar-refractivity contribution >= 4 is 11.6 Å². The Hall–Kier alpha value is -1.55. The molecule has 0 radical (unpaired) electrons. The number of nitrogens with zero attached hydrogens (tertiary/aromatic N) is 1. The van der Waals surface area contributed by atoms with Crippen molar-refractivity contribution in [1.82, 2.24) is 4.90 Å². The average molecular weight is 262 g/mol. The van der Waals surface area contributed by atoms with Crippen LogP contribution in [-0.2, 0) is 4.74 Å². The summed E-state index contributed by atoms with van der Waals surface area (Å²) in [6, 6.07) is 7.67. The van der Waals surface area contributed by atoms with Crippen LogP contribution in [0.3, 0.4) is 0 Å². The van der Waals surface area contributed by atoms with Crippen LogP contribution in [0.5, 0.6) is 0 Å². The number of carbonyl (C=O) groups is 1. The molecule has 0 aromatic heterocycles. The summed E-state index contributed by atoms with van der Waals surface area (Å²) in [6.07, 6.45) is 0. The van der Waals surface area contributed by atoms with Gasteiger partial charge in [-0.15, -0.1) is 0 Å². The van der Waals surface area contributed by atoms with E-state index in [1.807, 2.05) is 49.9 Å². The van der Waals surface area contributed by atoms with E-state index in [-0.39, 0.29) is 11.5 Å². The fourth-order valence-corrected chi connectivity index (χ4v) is 2.37. The molecule has 1 aromatic carbocycles. The predicted molar refractivity (Wildman–Crippen MR) is 76.5 cm³/mol. The predicted octanol–water partition coefficient (Wildman–Crippen LogP) is 2.37. The minimum atomic E-state index is -0.263. The van der Waals surface area contributed by atoms with Crippen molar-refractivity contribution in [3.05, 3.63) is 29.8 Å². The van der Waals surface area contributed by atoms with Gasteiger partial charge in [0.2, 0.25) is 0 Å². The summed E-state index contributed by atoms with van der Waals surface area (Å²) < 4.78 is 5.65. The van der Waals surface area contributed by atoms with Gasteiger partial charge in [0, 0.05) is 25.3 Å². The molecule has 2 rings (SSSR count). The molecule has 0 aliphatic carbocycles. The first-order chi connectivity index (χ1) is 9.03. The minimum absolute atomic E-state index is 0.0768. The van der Waals surface area contributed by atoms with Crippen molar-refractivity contribution in [3.8, 4) is 0 Å². The van der Waals surface area contributed by atoms with Crippen molar-refractivity contribution in [1.29, 1.82) is 0 Å². The molecule has 0 atom stereocenters. The number of rotatable bonds is 3. The molecule has 4 heteroatoms. The highest BCUT2D eigenvalue weighted by molar-refractivity contribution is 5.99. The number of benzene rings is 1. The van der Waals surface area contributed by atoms with Gasteiger partial charge in [-0.2, -0.15) is 0 Å². The number of nitrogens with one attached hydrogen (secondary N) is 1. The van der Waals surface area contributed by atoms with Crippen molar-refractivity contribution in [2.45, 2.75) is 26.4 Å². The second-order valence-electron chi connectivity index (χ2n) is 5.41. The first-order valence-corrected chi connectivity index (χ1v) is 6.79. The maximum Gasteiger partial charge on any atom is 0.256 e. The van der Waals surface area contributed by atoms with E-state index in [9.17, 15) is 4.79 Å². The number of carbonyl (C=O) groups excluding carboxylic acids is 1. The fraction of sp³-hybridized carbons (Fsp3) is 0.533. The van der Waals surface area contributed by atoms with Gasteiger partial charge in [-0.3, -0.25) is 4.79 Å². The Kier molecular flexibility index (Phi) is 4.10. The van der Waals surface area contributed by atoms with Crippen molar-refractivity contribution in [2.24, 2.45) is 0 Å². The van der Waals surface area contributed by atoms with E-state index in [0.29, 0.717) is 19.7 Å². The molecular formula is C15H22N2O2. The van der Waals surface area contributed by atoms with Crippen molar-refractivity contribution in [2.75, 3.05) is 31.6 Å². The van der Waals surface area contributed by atoms with Crippen molar-refractivity contribution in [3.63, 3.8) is 0 Å². The highest BCUT2D eigenvalue weighted by Crippen LogP contribution is 2.22. The largest absolute Gasteiger partial charge is 0.385 e. The smallest absolute Gasteiger partial charge is 0.256 e. The zero-order valence-electron chi connectivity index (χ0n) is 11.9. The fourth-order valence-electron chi connectivity index (χ4n) is 2.37. The van der Waals surface area contributed by atoms with E-state index in [0.717, 1.165) is 17.8 Å². The maximum absolute atomic E-state index is 12.6. The van der Waals surface area contributed by atoms with Gasteiger partial charge in [-0.25, -0.2) is 0 Å². The van der Waals surface area contributed by atoms with E-state index < -0.39 is 0 Å². The van der Waals surface area contributed by atoms with Crippen LogP contribution in [0.2, 0.25) is 0 Å². The molecule has 1 heterocycles. The standard InChI is InChI=1S/C15H22N2O2/c1-4-16-13-8-6-5-7-12(13)14(18)17-9-10-19-15(2,3)11-17/h5-8,16H,4,9-11H2,1-3H3. The molecule has 1 aliphatic heterocycles. The lowest BCUT2D eigenvalue weighted by Crippen LogP contribution is -2.50. The van der Waals surface area contributed by atoms with Crippen LogP contribution in [0.1, 0.15) is 31.1 Å². The van der Waals surface area contributed by atoms with E-state index >= 15 is 0 Å². The summed E-state index contributed by atoms with van der Waals surface area (Å²) in [5, 5.41) is 3.24. The number of hydrogen-bond donors (Lipinski definition) is 1. The lowest BCUT2D eigenvalue weighted by atomic mass is 10.1. The minimum Gasteiger partial charge on any atom is -0.385 e. The molecule has 1 aromatic rings. The number of para-hydroxylation sites is 1. The van der Waals surface area contributed by atoms with Crippen LogP contribution < -0.4 is 5.32 Å². The van der Waals surface area contributed by atoms with Gasteiger partial charge in [0.1, 0.15) is 0 Å². The van der Waals surface area contributed by atoms with Gasteiger partial charge < -0.3 is 15.0 Å². The molecule has 104 valence electrons. The van der Waals surface area contributed by atoms with E-state index in [2.05, 4.69) is 5.32 Å². The number of morpholine rings is 1. The maximum atomic E-state index is 12.6. The van der Waals surface area contributed by atoms with Crippen LogP contribution in [0.4, 0.5) is 5.69 Å². The van der Waals surface area contributed by atoms with Gasteiger partial charge >= 0.3 is 0 Å². The number of hydrogen-bond acceptors (Lipinski definition) is 3. The summed E-state index contributed by atoms with van der Waals surface area (Å²) >= 11 is 0. The molecule has 1 aliphatic rings. The molecule has 0 spiro atoms. The molecule has 19 heavy (non-hydrogen) atoms. The zero-order chi connectivity index (χ0) is 13.9. The monoisotopic (exact) mass is 262 g/mol. The van der Waals surface area contributed by atoms with Gasteiger partial charge in [0.25, 0.3) is 5.91 Å². The summed E-state index contributed by atoms with van der Waals surface area (Å²) in [6.45, 7) is 8.75. The van der Waals surface area contributed by atoms with Crippen LogP contribution in [0.25, 0.3) is 0 Å². The molecule has 0 unspecified atom stereocenters. The Bertz CT molecular complexity index is 457. The Morgan fingerprint density at radius 1 is 1.42 bits per heavy atom. The Labute approximate surface area is 114 Å². The third-order valence-electron chi connectivity index (χ3n) is 3.24. The second-order valence-corrected chi connectivity index (χ2v) is 5.41. The Morgan fingerprint density at radius 2 is 2.16 bits per heavy atom. The topological polar surface area (TPSA) is 41.6 Å². The quantitative estimate of drug-likeness (QED) is 0.909.